The fraction of sp³-hybridized carbons (Fsp3) is 0.778. The smallest absolute Gasteiger partial charge is 0.240 e. The van der Waals surface area contributed by atoms with E-state index in [4.69, 9.17) is 5.73 Å². The van der Waals surface area contributed by atoms with Crippen molar-refractivity contribution in [3.63, 3.8) is 0 Å². The molecule has 2 atom stereocenters. The molecule has 2 rings (SSSR count). The number of piperazine rings is 1. The average molecular weight is 197 g/mol. The Bertz CT molecular complexity index is 251. The molecule has 3 N–H and O–H groups in total. The van der Waals surface area contributed by atoms with Crippen LogP contribution in [0.25, 0.3) is 0 Å². The Balaban J connectivity index is 1.97. The summed E-state index contributed by atoms with van der Waals surface area (Å²) in [6.45, 7) is 0.673. The van der Waals surface area contributed by atoms with Crippen molar-refractivity contribution in [2.45, 2.75) is 31.3 Å². The number of nitrogens with zero attached hydrogens (tertiary/aromatic N) is 1. The Morgan fingerprint density at radius 2 is 1.86 bits per heavy atom. The van der Waals surface area contributed by atoms with Gasteiger partial charge >= 0.3 is 0 Å². The molecule has 2 unspecified atom stereocenters. The van der Waals surface area contributed by atoms with Crippen LogP contribution >= 0.6 is 0 Å². The predicted octanol–water partition coefficient (Wildman–Crippen LogP) is -1.18. The van der Waals surface area contributed by atoms with Crippen LogP contribution < -0.4 is 11.1 Å². The monoisotopic (exact) mass is 197 g/mol. The molecule has 5 nitrogen and oxygen atoms in total. The number of carbonyl (C=O) groups excluding carboxylic acids is 2. The van der Waals surface area contributed by atoms with E-state index >= 15 is 0 Å². The van der Waals surface area contributed by atoms with Crippen LogP contribution in [0, 0.1) is 0 Å². The van der Waals surface area contributed by atoms with Gasteiger partial charge in [-0.15, -0.1) is 0 Å². The number of amides is 2. The summed E-state index contributed by atoms with van der Waals surface area (Å²) in [7, 11) is 0. The molecule has 2 aliphatic rings. The highest BCUT2D eigenvalue weighted by molar-refractivity contribution is 5.99. The molecular formula is C9H15N3O2. The summed E-state index contributed by atoms with van der Waals surface area (Å²) >= 11 is 0. The molecule has 2 fully saturated rings. The standard InChI is InChI=1S/C9H15N3O2/c10-6-1-2-7(3-6)12-4-8(13)11-9(14)5-12/h6-7H,1-5,10H2,(H,11,13,14). The van der Waals surface area contributed by atoms with Gasteiger partial charge in [-0.25, -0.2) is 0 Å². The number of carbonyl (C=O) groups is 2. The van der Waals surface area contributed by atoms with Crippen molar-refractivity contribution in [1.82, 2.24) is 10.2 Å². The summed E-state index contributed by atoms with van der Waals surface area (Å²) < 4.78 is 0. The second-order valence-corrected chi connectivity index (χ2v) is 4.10. The van der Waals surface area contributed by atoms with Gasteiger partial charge in [0.25, 0.3) is 0 Å². The maximum Gasteiger partial charge on any atom is 0.240 e. The van der Waals surface area contributed by atoms with Crippen molar-refractivity contribution < 1.29 is 9.59 Å². The Hall–Kier alpha value is -0.940. The summed E-state index contributed by atoms with van der Waals surface area (Å²) in [6, 6.07) is 0.556. The fourth-order valence-electron chi connectivity index (χ4n) is 2.24. The number of nitrogens with one attached hydrogen (secondary N) is 1. The highest BCUT2D eigenvalue weighted by atomic mass is 16.2. The molecular weight excluding hydrogens is 182 g/mol. The van der Waals surface area contributed by atoms with Crippen molar-refractivity contribution >= 4 is 11.8 Å². The normalized spacial score (nSPS) is 34.6. The zero-order chi connectivity index (χ0) is 10.1. The Morgan fingerprint density at radius 1 is 1.21 bits per heavy atom. The van der Waals surface area contributed by atoms with E-state index in [9.17, 15) is 9.59 Å². The van der Waals surface area contributed by atoms with E-state index < -0.39 is 0 Å². The first-order valence-corrected chi connectivity index (χ1v) is 4.97. The summed E-state index contributed by atoms with van der Waals surface area (Å²) in [4.78, 5) is 24.2. The number of hydrogen-bond donors (Lipinski definition) is 2. The van der Waals surface area contributed by atoms with E-state index in [1.165, 1.54) is 0 Å². The Labute approximate surface area is 82.6 Å². The molecule has 0 aromatic heterocycles. The molecule has 1 heterocycles. The minimum absolute atomic E-state index is 0.193. The molecule has 0 spiro atoms. The number of rotatable bonds is 1. The second-order valence-electron chi connectivity index (χ2n) is 4.10. The summed E-state index contributed by atoms with van der Waals surface area (Å²) in [5, 5.41) is 2.29. The SMILES string of the molecule is NC1CCC(N2CC(=O)NC(=O)C2)C1. The average Bonchev–Trinajstić information content (AvgIpc) is 2.50. The minimum atomic E-state index is -0.193. The Morgan fingerprint density at radius 3 is 2.36 bits per heavy atom. The van der Waals surface area contributed by atoms with E-state index in [0.717, 1.165) is 19.3 Å². The lowest BCUT2D eigenvalue weighted by molar-refractivity contribution is -0.137. The quantitative estimate of drug-likeness (QED) is 0.519. The second kappa shape index (κ2) is 3.67. The first kappa shape index (κ1) is 9.61. The molecule has 1 aliphatic carbocycles. The van der Waals surface area contributed by atoms with E-state index in [1.807, 2.05) is 4.90 Å². The molecule has 1 saturated carbocycles. The largest absolute Gasteiger partial charge is 0.328 e. The zero-order valence-corrected chi connectivity index (χ0v) is 8.03. The van der Waals surface area contributed by atoms with E-state index in [1.54, 1.807) is 0 Å². The van der Waals surface area contributed by atoms with Crippen LogP contribution in [-0.2, 0) is 9.59 Å². The lowest BCUT2D eigenvalue weighted by Crippen LogP contribution is -2.54. The fourth-order valence-corrected chi connectivity index (χ4v) is 2.24. The van der Waals surface area contributed by atoms with Gasteiger partial charge in [0, 0.05) is 12.1 Å². The summed E-state index contributed by atoms with van der Waals surface area (Å²) in [5.41, 5.74) is 5.79. The third-order valence-corrected chi connectivity index (χ3v) is 2.93. The van der Waals surface area contributed by atoms with Crippen LogP contribution in [0.1, 0.15) is 19.3 Å². The minimum Gasteiger partial charge on any atom is -0.328 e. The Kier molecular flexibility index (Phi) is 2.52. The molecule has 1 aliphatic heterocycles. The predicted molar refractivity (Wildman–Crippen MR) is 50.3 cm³/mol. The van der Waals surface area contributed by atoms with Crippen LogP contribution in [0.2, 0.25) is 0 Å². The topological polar surface area (TPSA) is 75.4 Å². The molecule has 2 amide bonds. The van der Waals surface area contributed by atoms with Crippen LogP contribution in [0.15, 0.2) is 0 Å². The molecule has 5 heteroatoms. The summed E-state index contributed by atoms with van der Waals surface area (Å²) in [5.74, 6) is -0.386. The van der Waals surface area contributed by atoms with Crippen LogP contribution in [-0.4, -0.2) is 41.9 Å². The lowest BCUT2D eigenvalue weighted by atomic mass is 10.2. The first-order valence-electron chi connectivity index (χ1n) is 4.97. The molecule has 0 aromatic rings. The summed E-state index contributed by atoms with van der Waals surface area (Å²) in [6.07, 6.45) is 2.90. The van der Waals surface area contributed by atoms with Gasteiger partial charge in [-0.05, 0) is 19.3 Å². The van der Waals surface area contributed by atoms with Gasteiger partial charge in [-0.3, -0.25) is 19.8 Å². The van der Waals surface area contributed by atoms with E-state index in [2.05, 4.69) is 5.32 Å². The molecule has 14 heavy (non-hydrogen) atoms. The molecule has 0 bridgehead atoms. The van der Waals surface area contributed by atoms with Crippen molar-refractivity contribution in [2.24, 2.45) is 5.73 Å². The van der Waals surface area contributed by atoms with Crippen LogP contribution in [0.5, 0.6) is 0 Å². The number of hydrogen-bond acceptors (Lipinski definition) is 4. The maximum absolute atomic E-state index is 11.1. The van der Waals surface area contributed by atoms with Crippen molar-refractivity contribution in [3.8, 4) is 0 Å². The first-order chi connectivity index (χ1) is 6.65. The third-order valence-electron chi connectivity index (χ3n) is 2.93. The zero-order valence-electron chi connectivity index (χ0n) is 8.03. The van der Waals surface area contributed by atoms with Crippen LogP contribution in [0.4, 0.5) is 0 Å². The van der Waals surface area contributed by atoms with Gasteiger partial charge in [0.2, 0.25) is 11.8 Å². The lowest BCUT2D eigenvalue weighted by Gasteiger charge is -2.30. The number of nitrogens with two attached hydrogens (primary N) is 1. The molecule has 78 valence electrons. The highest BCUT2D eigenvalue weighted by Crippen LogP contribution is 2.23. The molecule has 1 saturated heterocycles. The van der Waals surface area contributed by atoms with Crippen molar-refractivity contribution in [3.05, 3.63) is 0 Å². The number of imide groups is 1. The van der Waals surface area contributed by atoms with E-state index in [0.29, 0.717) is 19.1 Å². The third kappa shape index (κ3) is 1.93. The van der Waals surface area contributed by atoms with Gasteiger partial charge in [-0.1, -0.05) is 0 Å². The van der Waals surface area contributed by atoms with E-state index in [-0.39, 0.29) is 17.9 Å². The van der Waals surface area contributed by atoms with Gasteiger partial charge in [0.1, 0.15) is 0 Å². The van der Waals surface area contributed by atoms with Gasteiger partial charge in [-0.2, -0.15) is 0 Å². The van der Waals surface area contributed by atoms with Crippen molar-refractivity contribution in [1.29, 1.82) is 0 Å². The van der Waals surface area contributed by atoms with Gasteiger partial charge in [0.05, 0.1) is 13.1 Å². The van der Waals surface area contributed by atoms with Gasteiger partial charge in [0.15, 0.2) is 0 Å². The van der Waals surface area contributed by atoms with Crippen molar-refractivity contribution in [2.75, 3.05) is 13.1 Å². The molecule has 0 aromatic carbocycles. The maximum atomic E-state index is 11.1. The highest BCUT2D eigenvalue weighted by Gasteiger charge is 2.32. The molecule has 0 radical (unpaired) electrons. The van der Waals surface area contributed by atoms with Crippen LogP contribution in [0.3, 0.4) is 0 Å². The van der Waals surface area contributed by atoms with Gasteiger partial charge < -0.3 is 5.73 Å².